The van der Waals surface area contributed by atoms with Crippen LogP contribution in [0.5, 0.6) is 23.1 Å². The molecule has 50 heavy (non-hydrogen) atoms. The first-order chi connectivity index (χ1) is 23.8. The van der Waals surface area contributed by atoms with E-state index in [0.717, 1.165) is 23.1 Å². The number of aromatic nitrogens is 2. The van der Waals surface area contributed by atoms with E-state index in [-0.39, 0.29) is 28.8 Å². The first kappa shape index (κ1) is 34.5. The molecular weight excluding hydrogens is 705 g/mol. The first-order valence-electron chi connectivity index (χ1n) is 14.7. The van der Waals surface area contributed by atoms with Crippen LogP contribution in [-0.4, -0.2) is 71.2 Å². The Bertz CT molecular complexity index is 2170. The van der Waals surface area contributed by atoms with Gasteiger partial charge in [0.25, 0.3) is 10.0 Å². The summed E-state index contributed by atoms with van der Waals surface area (Å²) in [6.45, 7) is -0.316. The molecule has 2 aromatic heterocycles. The summed E-state index contributed by atoms with van der Waals surface area (Å²) in [6, 6.07) is 16.1. The minimum Gasteiger partial charge on any atom is -0.497 e. The molecule has 1 amide bonds. The van der Waals surface area contributed by atoms with Gasteiger partial charge in [-0.25, -0.2) is 17.2 Å². The van der Waals surface area contributed by atoms with Crippen LogP contribution in [0.25, 0.3) is 10.9 Å². The highest BCUT2D eigenvalue weighted by molar-refractivity contribution is 7.90. The predicted molar refractivity (Wildman–Crippen MR) is 175 cm³/mol. The van der Waals surface area contributed by atoms with E-state index < -0.39 is 56.6 Å². The molecule has 3 heterocycles. The lowest BCUT2D eigenvalue weighted by atomic mass is 9.87. The van der Waals surface area contributed by atoms with Crippen molar-refractivity contribution < 1.29 is 50.8 Å². The number of ether oxygens (including phenoxy) is 3. The fraction of sp³-hybridized carbons (Fsp3) is 0.212. The van der Waals surface area contributed by atoms with Gasteiger partial charge in [0.2, 0.25) is 5.88 Å². The molecule has 1 fully saturated rings. The molecule has 2 N–H and O–H groups in total. The molecule has 17 heteroatoms. The molecule has 0 bridgehead atoms. The van der Waals surface area contributed by atoms with Crippen molar-refractivity contribution in [2.24, 2.45) is 0 Å². The highest BCUT2D eigenvalue weighted by Gasteiger charge is 2.49. The number of alkyl halides is 4. The van der Waals surface area contributed by atoms with Crippen LogP contribution in [-0.2, 0) is 10.0 Å². The number of hydrogen-bond acceptors (Lipinski definition) is 9. The normalized spacial score (nSPS) is 18.2. The number of piperazine rings is 1. The summed E-state index contributed by atoms with van der Waals surface area (Å²) >= 11 is 6.94. The number of methoxy groups -OCH3 is 2. The number of halogens is 4. The number of anilines is 1. The molecule has 1 saturated heterocycles. The van der Waals surface area contributed by atoms with Crippen LogP contribution >= 0.6 is 11.6 Å². The first-order valence-corrected chi connectivity index (χ1v) is 16.6. The van der Waals surface area contributed by atoms with E-state index in [0.29, 0.717) is 21.0 Å². The van der Waals surface area contributed by atoms with Crippen molar-refractivity contribution in [2.75, 3.05) is 25.7 Å². The Labute approximate surface area is 288 Å². The Hall–Kier alpha value is -5.35. The zero-order valence-corrected chi connectivity index (χ0v) is 27.7. The summed E-state index contributed by atoms with van der Waals surface area (Å²) in [6.07, 6.45) is -3.70. The number of nitrogens with zero attached hydrogens (tertiary/aromatic N) is 4. The third-order valence-corrected chi connectivity index (χ3v) is 10.4. The quantitative estimate of drug-likeness (QED) is 0.130. The molecule has 1 aliphatic rings. The van der Waals surface area contributed by atoms with Gasteiger partial charge in [0, 0.05) is 40.7 Å². The van der Waals surface area contributed by atoms with E-state index in [9.17, 15) is 36.6 Å². The molecule has 6 rings (SSSR count). The molecule has 1 aliphatic heterocycles. The second kappa shape index (κ2) is 13.2. The summed E-state index contributed by atoms with van der Waals surface area (Å²) in [5.74, 6) is -1.85. The lowest BCUT2D eigenvalue weighted by Crippen LogP contribution is -2.55. The highest BCUT2D eigenvalue weighted by atomic mass is 35.5. The number of fused-ring (bicyclic) bond motifs is 1. The van der Waals surface area contributed by atoms with Crippen LogP contribution in [0.15, 0.2) is 96.2 Å². The number of carboxylic acid groups (broad SMARTS) is 1. The summed E-state index contributed by atoms with van der Waals surface area (Å²) < 4.78 is 84.6. The topological polar surface area (TPSA) is 144 Å². The highest BCUT2D eigenvalue weighted by Crippen LogP contribution is 2.53. The lowest BCUT2D eigenvalue weighted by Gasteiger charge is -2.50. The molecule has 0 radical (unpaired) electrons. The third-order valence-electron chi connectivity index (χ3n) is 8.28. The van der Waals surface area contributed by atoms with Crippen LogP contribution in [0.1, 0.15) is 23.2 Å². The Morgan fingerprint density at radius 3 is 2.28 bits per heavy atom. The van der Waals surface area contributed by atoms with Crippen LogP contribution in [0.2, 0.25) is 0 Å². The predicted octanol–water partition coefficient (Wildman–Crippen LogP) is 6.74. The van der Waals surface area contributed by atoms with E-state index in [4.69, 9.17) is 21.1 Å². The van der Waals surface area contributed by atoms with Crippen LogP contribution in [0.4, 0.5) is 23.7 Å². The minimum atomic E-state index is -5.29. The number of benzene rings is 3. The molecule has 262 valence electrons. The number of pyridine rings is 1. The van der Waals surface area contributed by atoms with Crippen molar-refractivity contribution in [3.8, 4) is 23.1 Å². The smallest absolute Gasteiger partial charge is 0.497 e. The number of hydrogen-bond donors (Lipinski definition) is 2. The van der Waals surface area contributed by atoms with Crippen LogP contribution in [0, 0.1) is 0 Å². The van der Waals surface area contributed by atoms with Gasteiger partial charge in [-0.05, 0) is 36.4 Å². The van der Waals surface area contributed by atoms with Crippen molar-refractivity contribution in [3.63, 3.8) is 0 Å². The summed E-state index contributed by atoms with van der Waals surface area (Å²) in [7, 11) is -2.50. The summed E-state index contributed by atoms with van der Waals surface area (Å²) in [4.78, 5) is 18.9. The van der Waals surface area contributed by atoms with Crippen molar-refractivity contribution in [3.05, 3.63) is 102 Å². The maximum Gasteiger partial charge on any atom is 0.573 e. The average molecular weight is 733 g/mol. The SMILES string of the molecule is COc1ccc(S(=O)(=O)n2c(O)c(C3C(c4ccccc4OC)N(c4ccncc4)C(Cl)CN3C(=O)O)c3ccccc32)c(OC(F)(F)F)c1. The number of para-hydroxylation sites is 2. The van der Waals surface area contributed by atoms with Crippen molar-refractivity contribution >= 4 is 44.3 Å². The van der Waals surface area contributed by atoms with Gasteiger partial charge in [-0.1, -0.05) is 48.0 Å². The van der Waals surface area contributed by atoms with E-state index >= 15 is 0 Å². The molecular formula is C33H28ClF3N4O8S. The molecule has 3 unspecified atom stereocenters. The fourth-order valence-electron chi connectivity index (χ4n) is 6.33. The van der Waals surface area contributed by atoms with Gasteiger partial charge in [0.15, 0.2) is 5.75 Å². The number of rotatable bonds is 8. The average Bonchev–Trinajstić information content (AvgIpc) is 3.39. The van der Waals surface area contributed by atoms with Gasteiger partial charge >= 0.3 is 12.5 Å². The number of carbonyl (C=O) groups is 1. The van der Waals surface area contributed by atoms with Crippen molar-refractivity contribution in [2.45, 2.75) is 28.8 Å². The van der Waals surface area contributed by atoms with Gasteiger partial charge in [0.1, 0.15) is 21.9 Å². The second-order valence-corrected chi connectivity index (χ2v) is 13.3. The Morgan fingerprint density at radius 1 is 0.940 bits per heavy atom. The lowest BCUT2D eigenvalue weighted by molar-refractivity contribution is -0.275. The molecule has 0 spiro atoms. The zero-order valence-electron chi connectivity index (χ0n) is 26.2. The van der Waals surface area contributed by atoms with E-state index in [2.05, 4.69) is 9.72 Å². The monoisotopic (exact) mass is 732 g/mol. The Morgan fingerprint density at radius 2 is 1.62 bits per heavy atom. The van der Waals surface area contributed by atoms with Gasteiger partial charge in [0.05, 0.1) is 38.4 Å². The number of aromatic hydroxyl groups is 1. The van der Waals surface area contributed by atoms with Crippen molar-refractivity contribution in [1.82, 2.24) is 13.9 Å². The fourth-order valence-corrected chi connectivity index (χ4v) is 8.25. The molecule has 5 aromatic rings. The largest absolute Gasteiger partial charge is 0.573 e. The second-order valence-electron chi connectivity index (χ2n) is 11.0. The molecule has 12 nitrogen and oxygen atoms in total. The maximum atomic E-state index is 14.4. The van der Waals surface area contributed by atoms with Gasteiger partial charge in [-0.3, -0.25) is 9.88 Å². The van der Waals surface area contributed by atoms with E-state index in [1.165, 1.54) is 44.8 Å². The Kier molecular flexibility index (Phi) is 9.09. The van der Waals surface area contributed by atoms with Crippen molar-refractivity contribution in [1.29, 1.82) is 0 Å². The standard InChI is InChI=1S/C33H28ClF3N4O8S/c1-47-20-11-12-26(25(17-20)49-33(35,36)37)50(45,46)41-23-9-5-3-7-21(23)28(31(41)42)30-29(22-8-4-6-10-24(22)48-2)40(19-13-15-38-16-14-19)27(34)18-39(30)32(43)44/h3-17,27,29-30,42H,18H2,1-2H3,(H,43,44). The molecule has 0 aliphatic carbocycles. The van der Waals surface area contributed by atoms with E-state index in [1.54, 1.807) is 47.4 Å². The number of amides is 1. The van der Waals surface area contributed by atoms with E-state index in [1.807, 2.05) is 0 Å². The minimum absolute atomic E-state index is 0.0965. The van der Waals surface area contributed by atoms with Gasteiger partial charge < -0.3 is 29.3 Å². The zero-order chi connectivity index (χ0) is 36.0. The molecule has 3 atom stereocenters. The molecule has 3 aromatic carbocycles. The summed E-state index contributed by atoms with van der Waals surface area (Å²) in [5, 5.41) is 22.8. The maximum absolute atomic E-state index is 14.4. The Balaban J connectivity index is 1.67. The van der Waals surface area contributed by atoms with Gasteiger partial charge in [-0.2, -0.15) is 0 Å². The van der Waals surface area contributed by atoms with Crippen LogP contribution in [0.3, 0.4) is 0 Å². The molecule has 0 saturated carbocycles. The third kappa shape index (κ3) is 6.04. The summed E-state index contributed by atoms with van der Waals surface area (Å²) in [5.41, 5.74) is -0.337. The van der Waals surface area contributed by atoms with Crippen LogP contribution < -0.4 is 19.1 Å². The van der Waals surface area contributed by atoms with Gasteiger partial charge in [-0.15, -0.1) is 13.2 Å².